The molecule has 2 aliphatic carbocycles. The highest BCUT2D eigenvalue weighted by Gasteiger charge is 2.44. The molecule has 0 unspecified atom stereocenters. The van der Waals surface area contributed by atoms with Gasteiger partial charge in [-0.15, -0.1) is 0 Å². The lowest BCUT2D eigenvalue weighted by molar-refractivity contribution is -0.128. The van der Waals surface area contributed by atoms with Crippen LogP contribution in [0, 0.1) is 17.2 Å². The van der Waals surface area contributed by atoms with Crippen molar-refractivity contribution in [1.29, 1.82) is 0 Å². The molecule has 3 aliphatic rings. The lowest BCUT2D eigenvalue weighted by Gasteiger charge is -2.32. The third-order valence-corrected chi connectivity index (χ3v) is 7.83. The number of nitrogens with zero attached hydrogens (tertiary/aromatic N) is 3. The van der Waals surface area contributed by atoms with Crippen LogP contribution in [0.25, 0.3) is 0 Å². The molecule has 0 spiro atoms. The Morgan fingerprint density at radius 1 is 1.21 bits per heavy atom. The molecule has 5 rings (SSSR count). The Bertz CT molecular complexity index is 1020. The third-order valence-electron chi connectivity index (χ3n) is 7.83. The van der Waals surface area contributed by atoms with Gasteiger partial charge in [-0.25, -0.2) is 4.98 Å². The molecule has 2 aromatic rings. The molecule has 34 heavy (non-hydrogen) atoms. The average molecular weight is 469 g/mol. The summed E-state index contributed by atoms with van der Waals surface area (Å²) in [5, 5.41) is 0. The van der Waals surface area contributed by atoms with Crippen molar-refractivity contribution in [3.63, 3.8) is 0 Å². The normalized spacial score (nSPS) is 22.5. The number of carbonyl (C=O) groups is 1. The number of ether oxygens (including phenoxy) is 2. The van der Waals surface area contributed by atoms with E-state index in [4.69, 9.17) is 15.2 Å². The summed E-state index contributed by atoms with van der Waals surface area (Å²) in [6, 6.07) is 7.97. The van der Waals surface area contributed by atoms with E-state index in [1.807, 2.05) is 29.2 Å². The highest BCUT2D eigenvalue weighted by molar-refractivity contribution is 5.82. The molecule has 1 amide bonds. The maximum atomic E-state index is 14.9. The van der Waals surface area contributed by atoms with Crippen LogP contribution < -0.4 is 20.1 Å². The fourth-order valence-corrected chi connectivity index (χ4v) is 5.41. The summed E-state index contributed by atoms with van der Waals surface area (Å²) < 4.78 is 26.7. The van der Waals surface area contributed by atoms with E-state index < -0.39 is 11.2 Å². The zero-order valence-corrected chi connectivity index (χ0v) is 19.7. The van der Waals surface area contributed by atoms with Crippen molar-refractivity contribution in [2.45, 2.75) is 63.9 Å². The first-order valence-corrected chi connectivity index (χ1v) is 12.4. The average Bonchev–Trinajstić information content (AvgIpc) is 3.32. The second-order valence-electron chi connectivity index (χ2n) is 10.1. The molecule has 1 aromatic carbocycles. The van der Waals surface area contributed by atoms with Crippen molar-refractivity contribution in [1.82, 2.24) is 9.97 Å². The van der Waals surface area contributed by atoms with E-state index in [1.54, 1.807) is 0 Å². The molecule has 7 nitrogen and oxygen atoms in total. The number of aromatic nitrogens is 2. The third kappa shape index (κ3) is 4.55. The number of carbonyl (C=O) groups excluding carboxylic acids is 1. The summed E-state index contributed by atoms with van der Waals surface area (Å²) in [5.74, 6) is 0.960. The van der Waals surface area contributed by atoms with Crippen molar-refractivity contribution in [2.75, 3.05) is 24.6 Å². The second kappa shape index (κ2) is 9.39. The fourth-order valence-electron chi connectivity index (χ4n) is 5.41. The van der Waals surface area contributed by atoms with Crippen LogP contribution in [0.5, 0.6) is 11.6 Å². The lowest BCUT2D eigenvalue weighted by Crippen LogP contribution is -2.39. The van der Waals surface area contributed by atoms with Crippen LogP contribution in [0.1, 0.15) is 63.4 Å². The maximum Gasteiger partial charge on any atom is 0.255 e. The molecule has 0 radical (unpaired) electrons. The predicted octanol–water partition coefficient (Wildman–Crippen LogP) is 4.21. The molecule has 1 aliphatic heterocycles. The smallest absolute Gasteiger partial charge is 0.255 e. The van der Waals surface area contributed by atoms with Gasteiger partial charge in [-0.2, -0.15) is 9.37 Å². The molecule has 0 bridgehead atoms. The number of halogens is 1. The van der Waals surface area contributed by atoms with Crippen molar-refractivity contribution in [2.24, 2.45) is 17.1 Å². The Morgan fingerprint density at radius 2 is 1.94 bits per heavy atom. The number of benzene rings is 1. The molecule has 1 aromatic heterocycles. The number of amides is 1. The Kier molecular flexibility index (Phi) is 6.32. The molecule has 2 atom stereocenters. The predicted molar refractivity (Wildman–Crippen MR) is 126 cm³/mol. The maximum absolute atomic E-state index is 14.9. The molecular formula is C26H33FN4O3. The zero-order chi connectivity index (χ0) is 23.7. The quantitative estimate of drug-likeness (QED) is 0.593. The first-order valence-electron chi connectivity index (χ1n) is 12.4. The van der Waals surface area contributed by atoms with Gasteiger partial charge in [0, 0.05) is 13.0 Å². The Hall–Kier alpha value is -2.90. The van der Waals surface area contributed by atoms with Gasteiger partial charge in [0.05, 0.1) is 18.6 Å². The standard InChI is InChI=1S/C26H33FN4O3/c1-17(26(25(28)32)11-2-3-12-26)19-6-8-20(9-7-19)34-21-10-13-31(14-21)23-22(27)24(30-16-29-23)33-15-18-4-5-18/h6-9,16-18,21H,2-5,10-15H2,1H3,(H2,28,32)/t17-,21+/m0/s1. The number of hydrogen-bond acceptors (Lipinski definition) is 6. The van der Waals surface area contributed by atoms with E-state index >= 15 is 0 Å². The van der Waals surface area contributed by atoms with Crippen molar-refractivity contribution < 1.29 is 18.7 Å². The summed E-state index contributed by atoms with van der Waals surface area (Å²) in [5.41, 5.74) is 6.46. The highest BCUT2D eigenvalue weighted by atomic mass is 19.1. The van der Waals surface area contributed by atoms with Gasteiger partial charge in [0.2, 0.25) is 11.7 Å². The van der Waals surface area contributed by atoms with Crippen LogP contribution in [-0.4, -0.2) is 41.7 Å². The van der Waals surface area contributed by atoms with Gasteiger partial charge in [-0.1, -0.05) is 31.9 Å². The van der Waals surface area contributed by atoms with Crippen LogP contribution in [0.2, 0.25) is 0 Å². The molecule has 182 valence electrons. The van der Waals surface area contributed by atoms with E-state index in [9.17, 15) is 9.18 Å². The first-order chi connectivity index (χ1) is 16.5. The number of primary amides is 1. The summed E-state index contributed by atoms with van der Waals surface area (Å²) in [7, 11) is 0. The molecule has 2 saturated carbocycles. The van der Waals surface area contributed by atoms with Gasteiger partial charge >= 0.3 is 0 Å². The van der Waals surface area contributed by atoms with E-state index in [1.165, 1.54) is 6.33 Å². The SMILES string of the molecule is C[C@@H](c1ccc(O[C@@H]2CCN(c3ncnc(OCC4CC4)c3F)C2)cc1)C1(C(N)=O)CCCC1. The van der Waals surface area contributed by atoms with Crippen LogP contribution in [0.3, 0.4) is 0 Å². The van der Waals surface area contributed by atoms with Gasteiger partial charge in [0.25, 0.3) is 5.88 Å². The van der Waals surface area contributed by atoms with E-state index in [0.717, 1.165) is 56.3 Å². The lowest BCUT2D eigenvalue weighted by atomic mass is 9.71. The van der Waals surface area contributed by atoms with Crippen molar-refractivity contribution >= 4 is 11.7 Å². The van der Waals surface area contributed by atoms with Gasteiger partial charge in [0.1, 0.15) is 18.2 Å². The van der Waals surface area contributed by atoms with E-state index in [-0.39, 0.29) is 29.6 Å². The van der Waals surface area contributed by atoms with Gasteiger partial charge in [0.15, 0.2) is 5.82 Å². The Labute approximate surface area is 199 Å². The van der Waals surface area contributed by atoms with Crippen LogP contribution in [-0.2, 0) is 4.79 Å². The number of rotatable bonds is 9. The zero-order valence-electron chi connectivity index (χ0n) is 19.7. The van der Waals surface area contributed by atoms with E-state index in [2.05, 4.69) is 16.9 Å². The Morgan fingerprint density at radius 3 is 2.62 bits per heavy atom. The number of nitrogens with two attached hydrogens (primary N) is 1. The summed E-state index contributed by atoms with van der Waals surface area (Å²) >= 11 is 0. The molecule has 2 heterocycles. The molecular weight excluding hydrogens is 435 g/mol. The minimum Gasteiger partial charge on any atom is -0.489 e. The molecule has 2 N–H and O–H groups in total. The monoisotopic (exact) mass is 468 g/mol. The topological polar surface area (TPSA) is 90.6 Å². The largest absolute Gasteiger partial charge is 0.489 e. The summed E-state index contributed by atoms with van der Waals surface area (Å²) in [4.78, 5) is 22.3. The minimum absolute atomic E-state index is 0.0296. The summed E-state index contributed by atoms with van der Waals surface area (Å²) in [6.07, 6.45) is 8.14. The fraction of sp³-hybridized carbons (Fsp3) is 0.577. The summed E-state index contributed by atoms with van der Waals surface area (Å²) in [6.45, 7) is 3.80. The van der Waals surface area contributed by atoms with Crippen LogP contribution in [0.4, 0.5) is 10.2 Å². The number of anilines is 1. The van der Waals surface area contributed by atoms with Gasteiger partial charge in [-0.3, -0.25) is 4.79 Å². The number of hydrogen-bond donors (Lipinski definition) is 1. The second-order valence-corrected chi connectivity index (χ2v) is 10.1. The minimum atomic E-state index is -0.502. The Balaban J connectivity index is 1.20. The van der Waals surface area contributed by atoms with Crippen molar-refractivity contribution in [3.05, 3.63) is 42.0 Å². The van der Waals surface area contributed by atoms with Gasteiger partial charge in [-0.05, 0) is 55.2 Å². The van der Waals surface area contributed by atoms with Crippen LogP contribution in [0.15, 0.2) is 30.6 Å². The first kappa shape index (κ1) is 22.9. The van der Waals surface area contributed by atoms with E-state index in [0.29, 0.717) is 25.6 Å². The molecule has 3 fully saturated rings. The highest BCUT2D eigenvalue weighted by Crippen LogP contribution is 2.48. The molecule has 1 saturated heterocycles. The van der Waals surface area contributed by atoms with Crippen LogP contribution >= 0.6 is 0 Å². The van der Waals surface area contributed by atoms with Gasteiger partial charge < -0.3 is 20.1 Å². The molecule has 8 heteroatoms. The van der Waals surface area contributed by atoms with Crippen molar-refractivity contribution in [3.8, 4) is 11.6 Å².